The van der Waals surface area contributed by atoms with Gasteiger partial charge in [-0.2, -0.15) is 0 Å². The van der Waals surface area contributed by atoms with E-state index in [2.05, 4.69) is 20.9 Å². The van der Waals surface area contributed by atoms with E-state index >= 15 is 0 Å². The molecule has 0 saturated heterocycles. The van der Waals surface area contributed by atoms with Crippen LogP contribution in [0.4, 0.5) is 0 Å². The van der Waals surface area contributed by atoms with Crippen molar-refractivity contribution in [2.24, 2.45) is 0 Å². The van der Waals surface area contributed by atoms with Gasteiger partial charge in [0.25, 0.3) is 0 Å². The Morgan fingerprint density at radius 3 is 2.50 bits per heavy atom. The fourth-order valence-corrected chi connectivity index (χ4v) is 2.68. The standard InChI is InChI=1S/C6H3BrCl2INO/c1-12-4-2(8)3(9)6(10)11-5(4)7/h1H3. The van der Waals surface area contributed by atoms with Crippen LogP contribution in [0.1, 0.15) is 0 Å². The van der Waals surface area contributed by atoms with Crippen LogP contribution in [0, 0.1) is 3.70 Å². The molecule has 0 bridgehead atoms. The number of pyridine rings is 1. The predicted molar refractivity (Wildman–Crippen MR) is 61.2 cm³/mol. The average molecular weight is 383 g/mol. The minimum Gasteiger partial charge on any atom is -0.492 e. The van der Waals surface area contributed by atoms with Crippen molar-refractivity contribution < 1.29 is 4.74 Å². The molecule has 0 aliphatic rings. The summed E-state index contributed by atoms with van der Waals surface area (Å²) in [4.78, 5) is 4.07. The molecule has 2 nitrogen and oxygen atoms in total. The second-order valence-corrected chi connectivity index (χ2v) is 4.38. The van der Waals surface area contributed by atoms with Crippen molar-refractivity contribution in [1.29, 1.82) is 0 Å². The number of hydrogen-bond acceptors (Lipinski definition) is 2. The summed E-state index contributed by atoms with van der Waals surface area (Å²) in [6, 6.07) is 0. The zero-order valence-corrected chi connectivity index (χ0v) is 11.1. The predicted octanol–water partition coefficient (Wildman–Crippen LogP) is 3.76. The first kappa shape index (κ1) is 10.8. The number of halogens is 4. The minimum absolute atomic E-state index is 0.380. The van der Waals surface area contributed by atoms with Crippen LogP contribution in [-0.4, -0.2) is 12.1 Å². The van der Waals surface area contributed by atoms with Crippen molar-refractivity contribution >= 4 is 61.7 Å². The first-order valence-electron chi connectivity index (χ1n) is 2.82. The molecule has 0 fully saturated rings. The van der Waals surface area contributed by atoms with Gasteiger partial charge in [0.1, 0.15) is 8.72 Å². The summed E-state index contributed by atoms with van der Waals surface area (Å²) >= 11 is 16.9. The van der Waals surface area contributed by atoms with Gasteiger partial charge >= 0.3 is 0 Å². The van der Waals surface area contributed by atoms with Gasteiger partial charge in [0.15, 0.2) is 10.4 Å². The summed E-state index contributed by atoms with van der Waals surface area (Å²) in [7, 11) is 1.51. The lowest BCUT2D eigenvalue weighted by atomic mass is 10.4. The number of aromatic nitrogens is 1. The molecule has 0 unspecified atom stereocenters. The van der Waals surface area contributed by atoms with Gasteiger partial charge in [-0.25, -0.2) is 4.98 Å². The van der Waals surface area contributed by atoms with E-state index < -0.39 is 0 Å². The maximum absolute atomic E-state index is 5.87. The third kappa shape index (κ3) is 1.97. The number of hydrogen-bond donors (Lipinski definition) is 0. The molecule has 0 aliphatic carbocycles. The molecular weight excluding hydrogens is 380 g/mol. The molecule has 12 heavy (non-hydrogen) atoms. The van der Waals surface area contributed by atoms with Gasteiger partial charge in [-0.05, 0) is 38.5 Å². The first-order chi connectivity index (χ1) is 5.57. The zero-order chi connectivity index (χ0) is 9.30. The fraction of sp³-hybridized carbons (Fsp3) is 0.167. The molecule has 0 aromatic carbocycles. The van der Waals surface area contributed by atoms with Crippen molar-refractivity contribution in [3.8, 4) is 5.75 Å². The average Bonchev–Trinajstić information content (AvgIpc) is 2.01. The lowest BCUT2D eigenvalue weighted by Crippen LogP contribution is -1.92. The third-order valence-electron chi connectivity index (χ3n) is 1.16. The summed E-state index contributed by atoms with van der Waals surface area (Å²) in [5.41, 5.74) is 0. The summed E-state index contributed by atoms with van der Waals surface area (Å²) in [6.07, 6.45) is 0. The maximum Gasteiger partial charge on any atom is 0.171 e. The molecular formula is C6H3BrCl2INO. The van der Waals surface area contributed by atoms with Gasteiger partial charge in [-0.15, -0.1) is 0 Å². The van der Waals surface area contributed by atoms with Crippen LogP contribution >= 0.6 is 61.7 Å². The highest BCUT2D eigenvalue weighted by molar-refractivity contribution is 14.1. The Morgan fingerprint density at radius 2 is 2.00 bits per heavy atom. The smallest absolute Gasteiger partial charge is 0.171 e. The topological polar surface area (TPSA) is 22.1 Å². The van der Waals surface area contributed by atoms with E-state index in [1.165, 1.54) is 7.11 Å². The third-order valence-corrected chi connectivity index (χ3v) is 3.62. The monoisotopic (exact) mass is 381 g/mol. The lowest BCUT2D eigenvalue weighted by molar-refractivity contribution is 0.410. The fourth-order valence-electron chi connectivity index (χ4n) is 0.641. The SMILES string of the molecule is COc1c(Br)nc(I)c(Cl)c1Cl. The van der Waals surface area contributed by atoms with Gasteiger partial charge in [0.2, 0.25) is 0 Å². The second-order valence-electron chi connectivity index (χ2n) is 1.85. The van der Waals surface area contributed by atoms with Crippen LogP contribution < -0.4 is 4.74 Å². The van der Waals surface area contributed by atoms with Gasteiger partial charge in [-0.3, -0.25) is 0 Å². The van der Waals surface area contributed by atoms with Crippen molar-refractivity contribution in [3.05, 3.63) is 18.3 Å². The normalized spacial score (nSPS) is 10.1. The molecule has 1 aromatic heterocycles. The molecule has 1 aromatic rings. The molecule has 0 amide bonds. The Bertz CT molecular complexity index is 321. The van der Waals surface area contributed by atoms with Crippen LogP contribution in [-0.2, 0) is 0 Å². The minimum atomic E-state index is 0.380. The number of rotatable bonds is 1. The van der Waals surface area contributed by atoms with Crippen LogP contribution in [0.5, 0.6) is 5.75 Å². The number of ether oxygens (including phenoxy) is 1. The van der Waals surface area contributed by atoms with Gasteiger partial charge in [0.05, 0.1) is 12.1 Å². The zero-order valence-electron chi connectivity index (χ0n) is 5.87. The molecule has 66 valence electrons. The Balaban J connectivity index is 3.40. The first-order valence-corrected chi connectivity index (χ1v) is 5.44. The molecule has 1 rings (SSSR count). The summed E-state index contributed by atoms with van der Waals surface area (Å²) < 4.78 is 6.19. The molecule has 0 radical (unpaired) electrons. The molecule has 1 heterocycles. The number of methoxy groups -OCH3 is 1. The Labute approximate surface area is 102 Å². The van der Waals surface area contributed by atoms with Crippen molar-refractivity contribution in [2.45, 2.75) is 0 Å². The largest absolute Gasteiger partial charge is 0.492 e. The van der Waals surface area contributed by atoms with E-state index in [0.717, 1.165) is 0 Å². The summed E-state index contributed by atoms with van der Waals surface area (Å²) in [5, 5.41) is 0.794. The van der Waals surface area contributed by atoms with E-state index in [-0.39, 0.29) is 0 Å². The molecule has 0 N–H and O–H groups in total. The Morgan fingerprint density at radius 1 is 1.42 bits per heavy atom. The highest BCUT2D eigenvalue weighted by Crippen LogP contribution is 2.38. The van der Waals surface area contributed by atoms with Gasteiger partial charge in [0, 0.05) is 0 Å². The number of nitrogens with zero attached hydrogens (tertiary/aromatic N) is 1. The lowest BCUT2D eigenvalue weighted by Gasteiger charge is -2.06. The van der Waals surface area contributed by atoms with Crippen LogP contribution in [0.15, 0.2) is 4.60 Å². The highest BCUT2D eigenvalue weighted by Gasteiger charge is 2.14. The van der Waals surface area contributed by atoms with E-state index in [9.17, 15) is 0 Å². The van der Waals surface area contributed by atoms with E-state index in [1.807, 2.05) is 22.6 Å². The van der Waals surface area contributed by atoms with Gasteiger partial charge in [-0.1, -0.05) is 23.2 Å². The van der Waals surface area contributed by atoms with Crippen LogP contribution in [0.3, 0.4) is 0 Å². The van der Waals surface area contributed by atoms with E-state index in [4.69, 9.17) is 27.9 Å². The summed E-state index contributed by atoms with van der Waals surface area (Å²) in [6.45, 7) is 0. The van der Waals surface area contributed by atoms with Crippen molar-refractivity contribution in [2.75, 3.05) is 7.11 Å². The van der Waals surface area contributed by atoms with Crippen molar-refractivity contribution in [1.82, 2.24) is 4.98 Å². The van der Waals surface area contributed by atoms with E-state index in [1.54, 1.807) is 0 Å². The van der Waals surface area contributed by atoms with E-state index in [0.29, 0.717) is 24.1 Å². The molecule has 0 spiro atoms. The molecule has 0 aliphatic heterocycles. The molecule has 0 saturated carbocycles. The molecule has 0 atom stereocenters. The quantitative estimate of drug-likeness (QED) is 0.545. The van der Waals surface area contributed by atoms with Crippen molar-refractivity contribution in [3.63, 3.8) is 0 Å². The Kier molecular flexibility index (Phi) is 3.88. The second kappa shape index (κ2) is 4.30. The van der Waals surface area contributed by atoms with Crippen LogP contribution in [0.25, 0.3) is 0 Å². The maximum atomic E-state index is 5.87. The van der Waals surface area contributed by atoms with Crippen LogP contribution in [0.2, 0.25) is 10.0 Å². The van der Waals surface area contributed by atoms with Gasteiger partial charge < -0.3 is 4.74 Å². The highest BCUT2D eigenvalue weighted by atomic mass is 127. The molecule has 6 heteroatoms. The Hall–Kier alpha value is 0.740. The summed E-state index contributed by atoms with van der Waals surface area (Å²) in [5.74, 6) is 0.460.